The lowest BCUT2D eigenvalue weighted by atomic mass is 10.2. The Labute approximate surface area is 119 Å². The molecule has 6 nitrogen and oxygen atoms in total. The smallest absolute Gasteiger partial charge is 0.243 e. The molecule has 0 aromatic heterocycles. The number of hydrogen-bond acceptors (Lipinski definition) is 4. The first-order valence-electron chi connectivity index (χ1n) is 6.34. The fraction of sp³-hybridized carbons (Fsp3) is 0.462. The van der Waals surface area contributed by atoms with Crippen molar-refractivity contribution in [3.05, 3.63) is 29.8 Å². The number of nitrogens with zero attached hydrogens (tertiary/aromatic N) is 2. The van der Waals surface area contributed by atoms with Gasteiger partial charge >= 0.3 is 0 Å². The summed E-state index contributed by atoms with van der Waals surface area (Å²) in [6.07, 6.45) is 0.180. The Bertz CT molecular complexity index is 582. The largest absolute Gasteiger partial charge is 0.409 e. The van der Waals surface area contributed by atoms with Crippen LogP contribution in [0.15, 0.2) is 34.3 Å². The second-order valence-corrected chi connectivity index (χ2v) is 6.68. The van der Waals surface area contributed by atoms with Gasteiger partial charge in [-0.3, -0.25) is 0 Å². The number of sulfonamides is 1. The van der Waals surface area contributed by atoms with Gasteiger partial charge in [0.15, 0.2) is 0 Å². The molecule has 0 radical (unpaired) electrons. The summed E-state index contributed by atoms with van der Waals surface area (Å²) in [5.74, 6) is 0.00985. The Balaban J connectivity index is 3.11. The van der Waals surface area contributed by atoms with Crippen LogP contribution < -0.4 is 5.73 Å². The lowest BCUT2D eigenvalue weighted by molar-refractivity contribution is 0.313. The van der Waals surface area contributed by atoms with E-state index in [1.807, 2.05) is 0 Å². The summed E-state index contributed by atoms with van der Waals surface area (Å²) in [6, 6.07) is 6.62. The molecule has 0 saturated heterocycles. The molecule has 1 rings (SSSR count). The van der Waals surface area contributed by atoms with Gasteiger partial charge in [0.05, 0.1) is 4.90 Å². The number of benzene rings is 1. The molecule has 112 valence electrons. The number of nitrogens with two attached hydrogens (primary N) is 1. The van der Waals surface area contributed by atoms with Crippen LogP contribution in [0.4, 0.5) is 0 Å². The molecule has 1 aromatic rings. The van der Waals surface area contributed by atoms with Crippen LogP contribution in [0.1, 0.15) is 25.8 Å². The Morgan fingerprint density at radius 2 is 2.00 bits per heavy atom. The molecule has 0 aliphatic carbocycles. The zero-order valence-electron chi connectivity index (χ0n) is 11.9. The van der Waals surface area contributed by atoms with Gasteiger partial charge in [-0.15, -0.1) is 0 Å². The molecule has 0 heterocycles. The van der Waals surface area contributed by atoms with E-state index in [1.54, 1.807) is 45.0 Å². The van der Waals surface area contributed by atoms with Crippen LogP contribution in [-0.2, 0) is 10.0 Å². The van der Waals surface area contributed by atoms with Crippen molar-refractivity contribution in [3.63, 3.8) is 0 Å². The molecule has 0 spiro atoms. The van der Waals surface area contributed by atoms with Crippen LogP contribution in [-0.4, -0.2) is 36.4 Å². The van der Waals surface area contributed by atoms with Gasteiger partial charge in [-0.05, 0) is 32.4 Å². The average molecular weight is 299 g/mol. The molecular weight excluding hydrogens is 278 g/mol. The van der Waals surface area contributed by atoms with Crippen LogP contribution in [0.25, 0.3) is 0 Å². The summed E-state index contributed by atoms with van der Waals surface area (Å²) >= 11 is 0. The summed E-state index contributed by atoms with van der Waals surface area (Å²) in [6.45, 7) is 5.52. The molecule has 0 bridgehead atoms. The number of amidine groups is 1. The summed E-state index contributed by atoms with van der Waals surface area (Å²) in [5, 5.41) is 11.4. The highest BCUT2D eigenvalue weighted by atomic mass is 32.2. The van der Waals surface area contributed by atoms with Crippen molar-refractivity contribution in [3.8, 4) is 0 Å². The van der Waals surface area contributed by atoms with E-state index in [0.717, 1.165) is 0 Å². The third-order valence-corrected chi connectivity index (χ3v) is 5.21. The lowest BCUT2D eigenvalue weighted by Gasteiger charge is -2.26. The van der Waals surface area contributed by atoms with Crippen molar-refractivity contribution in [1.82, 2.24) is 4.31 Å². The van der Waals surface area contributed by atoms with Gasteiger partial charge in [0.25, 0.3) is 0 Å². The van der Waals surface area contributed by atoms with E-state index in [1.165, 1.54) is 4.31 Å². The Morgan fingerprint density at radius 1 is 1.40 bits per heavy atom. The van der Waals surface area contributed by atoms with Gasteiger partial charge in [0, 0.05) is 19.0 Å². The molecule has 20 heavy (non-hydrogen) atoms. The van der Waals surface area contributed by atoms with Gasteiger partial charge in [0.1, 0.15) is 5.84 Å². The summed E-state index contributed by atoms with van der Waals surface area (Å²) < 4.78 is 26.7. The number of oxime groups is 1. The highest BCUT2D eigenvalue weighted by Gasteiger charge is 2.28. The molecule has 0 saturated carbocycles. The molecule has 0 aliphatic heterocycles. The first-order chi connectivity index (χ1) is 9.30. The number of aryl methyl sites for hydroxylation is 1. The zero-order chi connectivity index (χ0) is 15.3. The van der Waals surface area contributed by atoms with Crippen LogP contribution in [0.3, 0.4) is 0 Å². The van der Waals surface area contributed by atoms with Crippen LogP contribution >= 0.6 is 0 Å². The zero-order valence-corrected chi connectivity index (χ0v) is 12.8. The molecule has 0 atom stereocenters. The molecule has 0 amide bonds. The SMILES string of the molecule is Cc1ccccc1S(=O)(=O)N(CCC(N)=NO)C(C)C. The van der Waals surface area contributed by atoms with E-state index in [0.29, 0.717) is 5.56 Å². The van der Waals surface area contributed by atoms with Crippen molar-refractivity contribution in [2.75, 3.05) is 6.54 Å². The van der Waals surface area contributed by atoms with Crippen LogP contribution in [0.5, 0.6) is 0 Å². The fourth-order valence-corrected chi connectivity index (χ4v) is 3.77. The lowest BCUT2D eigenvalue weighted by Crippen LogP contribution is -2.39. The Kier molecular flexibility index (Phi) is 5.52. The number of rotatable bonds is 6. The van der Waals surface area contributed by atoms with Gasteiger partial charge in [-0.2, -0.15) is 4.31 Å². The third-order valence-electron chi connectivity index (χ3n) is 2.97. The molecule has 0 unspecified atom stereocenters. The Morgan fingerprint density at radius 3 is 2.50 bits per heavy atom. The summed E-state index contributed by atoms with van der Waals surface area (Å²) in [5.41, 5.74) is 6.11. The van der Waals surface area contributed by atoms with Crippen LogP contribution in [0, 0.1) is 6.92 Å². The van der Waals surface area contributed by atoms with Crippen LogP contribution in [0.2, 0.25) is 0 Å². The van der Waals surface area contributed by atoms with E-state index in [-0.39, 0.29) is 29.7 Å². The minimum atomic E-state index is -3.59. The first-order valence-corrected chi connectivity index (χ1v) is 7.78. The second kappa shape index (κ2) is 6.71. The van der Waals surface area contributed by atoms with E-state index < -0.39 is 10.0 Å². The maximum Gasteiger partial charge on any atom is 0.243 e. The van der Waals surface area contributed by atoms with Gasteiger partial charge in [-0.25, -0.2) is 8.42 Å². The predicted octanol–water partition coefficient (Wildman–Crippen LogP) is 1.53. The topological polar surface area (TPSA) is 96.0 Å². The summed E-state index contributed by atoms with van der Waals surface area (Å²) in [4.78, 5) is 0.285. The van der Waals surface area contributed by atoms with E-state index in [9.17, 15) is 8.42 Å². The highest BCUT2D eigenvalue weighted by Crippen LogP contribution is 2.21. The minimum Gasteiger partial charge on any atom is -0.409 e. The molecule has 7 heteroatoms. The van der Waals surface area contributed by atoms with Gasteiger partial charge in [-0.1, -0.05) is 23.4 Å². The fourth-order valence-electron chi connectivity index (χ4n) is 1.90. The summed E-state index contributed by atoms with van der Waals surface area (Å²) in [7, 11) is -3.59. The molecule has 1 aromatic carbocycles. The van der Waals surface area contributed by atoms with E-state index in [2.05, 4.69) is 5.16 Å². The van der Waals surface area contributed by atoms with Crippen molar-refractivity contribution < 1.29 is 13.6 Å². The second-order valence-electron chi connectivity index (χ2n) is 4.82. The molecule has 3 N–H and O–H groups in total. The van der Waals surface area contributed by atoms with Crippen molar-refractivity contribution in [2.24, 2.45) is 10.9 Å². The van der Waals surface area contributed by atoms with Gasteiger partial charge < -0.3 is 10.9 Å². The molecule has 0 fully saturated rings. The van der Waals surface area contributed by atoms with Gasteiger partial charge in [0.2, 0.25) is 10.0 Å². The molecule has 0 aliphatic rings. The van der Waals surface area contributed by atoms with E-state index >= 15 is 0 Å². The normalized spacial score (nSPS) is 13.2. The maximum absolute atomic E-state index is 12.7. The average Bonchev–Trinajstić information content (AvgIpc) is 2.38. The minimum absolute atomic E-state index is 0.00985. The van der Waals surface area contributed by atoms with Crippen molar-refractivity contribution in [2.45, 2.75) is 38.1 Å². The Hall–Kier alpha value is -1.60. The first kappa shape index (κ1) is 16.5. The monoisotopic (exact) mass is 299 g/mol. The third kappa shape index (κ3) is 3.71. The predicted molar refractivity (Wildman–Crippen MR) is 78.2 cm³/mol. The standard InChI is InChI=1S/C13H21N3O3S/c1-10(2)16(9-8-13(14)15-17)20(18,19)12-7-5-4-6-11(12)3/h4-7,10,17H,8-9H2,1-3H3,(H2,14,15). The van der Waals surface area contributed by atoms with Crippen molar-refractivity contribution >= 4 is 15.9 Å². The van der Waals surface area contributed by atoms with Crippen molar-refractivity contribution in [1.29, 1.82) is 0 Å². The van der Waals surface area contributed by atoms with E-state index in [4.69, 9.17) is 10.9 Å². The number of hydrogen-bond donors (Lipinski definition) is 2. The quantitative estimate of drug-likeness (QED) is 0.360. The maximum atomic E-state index is 12.7. The highest BCUT2D eigenvalue weighted by molar-refractivity contribution is 7.89. The molecular formula is C13H21N3O3S.